The van der Waals surface area contributed by atoms with E-state index in [-0.39, 0.29) is 11.3 Å². The lowest BCUT2D eigenvalue weighted by Gasteiger charge is -2.27. The third kappa shape index (κ3) is 2.60. The summed E-state index contributed by atoms with van der Waals surface area (Å²) >= 11 is 1.54. The van der Waals surface area contributed by atoms with E-state index in [1.807, 2.05) is 6.92 Å². The number of imidazole rings is 1. The molecule has 0 aliphatic carbocycles. The molecule has 1 N–H and O–H groups in total. The van der Waals surface area contributed by atoms with Gasteiger partial charge in [0.15, 0.2) is 0 Å². The standard InChI is InChI=1S/C12H17N3O3S/c1-3-4-10-15(9(6-19-10)12(17)18)11(16)8-5-13-7-14(8)2/h5,7,9-10H,3-4,6H2,1-2H3,(H,17,18). The van der Waals surface area contributed by atoms with Crippen molar-refractivity contribution in [3.63, 3.8) is 0 Å². The Kier molecular flexibility index (Phi) is 4.14. The van der Waals surface area contributed by atoms with E-state index < -0.39 is 12.0 Å². The zero-order chi connectivity index (χ0) is 14.0. The highest BCUT2D eigenvalue weighted by Crippen LogP contribution is 2.33. The number of carboxylic acid groups (broad SMARTS) is 1. The first kappa shape index (κ1) is 13.9. The first-order chi connectivity index (χ1) is 9.06. The summed E-state index contributed by atoms with van der Waals surface area (Å²) in [6.45, 7) is 2.03. The summed E-state index contributed by atoms with van der Waals surface area (Å²) in [6.07, 6.45) is 4.74. The van der Waals surface area contributed by atoms with E-state index in [2.05, 4.69) is 4.98 Å². The van der Waals surface area contributed by atoms with Crippen LogP contribution in [-0.4, -0.2) is 48.6 Å². The highest BCUT2D eigenvalue weighted by Gasteiger charge is 2.42. The fraction of sp³-hybridized carbons (Fsp3) is 0.583. The third-order valence-corrected chi connectivity index (χ3v) is 4.54. The van der Waals surface area contributed by atoms with Crippen LogP contribution in [-0.2, 0) is 11.8 Å². The summed E-state index contributed by atoms with van der Waals surface area (Å²) in [7, 11) is 1.73. The second-order valence-electron chi connectivity index (χ2n) is 4.53. The predicted molar refractivity (Wildman–Crippen MR) is 72.0 cm³/mol. The van der Waals surface area contributed by atoms with Gasteiger partial charge in [0.25, 0.3) is 5.91 Å². The number of carbonyl (C=O) groups is 2. The lowest BCUT2D eigenvalue weighted by molar-refractivity contribution is -0.141. The SMILES string of the molecule is CCCC1SCC(C(=O)O)N1C(=O)c1cncn1C. The number of amides is 1. The van der Waals surface area contributed by atoms with E-state index in [1.54, 1.807) is 17.9 Å². The Bertz CT molecular complexity index is 488. The molecule has 2 rings (SSSR count). The van der Waals surface area contributed by atoms with Crippen LogP contribution in [0.5, 0.6) is 0 Å². The zero-order valence-electron chi connectivity index (χ0n) is 10.9. The van der Waals surface area contributed by atoms with Crippen LogP contribution < -0.4 is 0 Å². The van der Waals surface area contributed by atoms with Crippen molar-refractivity contribution >= 4 is 23.6 Å². The molecule has 6 nitrogen and oxygen atoms in total. The Balaban J connectivity index is 2.28. The van der Waals surface area contributed by atoms with Gasteiger partial charge in [-0.1, -0.05) is 13.3 Å². The molecule has 0 spiro atoms. The van der Waals surface area contributed by atoms with Gasteiger partial charge in [-0.3, -0.25) is 4.79 Å². The van der Waals surface area contributed by atoms with Crippen molar-refractivity contribution in [2.75, 3.05) is 5.75 Å². The number of aryl methyl sites for hydroxylation is 1. The van der Waals surface area contributed by atoms with Gasteiger partial charge in [0, 0.05) is 12.8 Å². The van der Waals surface area contributed by atoms with Crippen LogP contribution in [0.2, 0.25) is 0 Å². The van der Waals surface area contributed by atoms with Crippen LogP contribution in [0.1, 0.15) is 30.3 Å². The van der Waals surface area contributed by atoms with Crippen LogP contribution in [0, 0.1) is 0 Å². The highest BCUT2D eigenvalue weighted by molar-refractivity contribution is 8.00. The van der Waals surface area contributed by atoms with Gasteiger partial charge in [-0.25, -0.2) is 9.78 Å². The molecule has 0 aromatic carbocycles. The summed E-state index contributed by atoms with van der Waals surface area (Å²) in [5.41, 5.74) is 0.426. The summed E-state index contributed by atoms with van der Waals surface area (Å²) in [5, 5.41) is 9.19. The highest BCUT2D eigenvalue weighted by atomic mass is 32.2. The van der Waals surface area contributed by atoms with Crippen molar-refractivity contribution < 1.29 is 14.7 Å². The molecule has 2 atom stereocenters. The number of aromatic nitrogens is 2. The predicted octanol–water partition coefficient (Wildman–Crippen LogP) is 1.19. The molecule has 19 heavy (non-hydrogen) atoms. The monoisotopic (exact) mass is 283 g/mol. The molecule has 104 valence electrons. The molecule has 7 heteroatoms. The van der Waals surface area contributed by atoms with Gasteiger partial charge in [-0.15, -0.1) is 11.8 Å². The normalized spacial score (nSPS) is 22.7. The minimum Gasteiger partial charge on any atom is -0.480 e. The van der Waals surface area contributed by atoms with E-state index in [0.717, 1.165) is 12.8 Å². The van der Waals surface area contributed by atoms with Gasteiger partial charge in [0.2, 0.25) is 0 Å². The number of hydrogen-bond donors (Lipinski definition) is 1. The number of carboxylic acids is 1. The van der Waals surface area contributed by atoms with Gasteiger partial charge < -0.3 is 14.6 Å². The summed E-state index contributed by atoms with van der Waals surface area (Å²) in [5.74, 6) is -0.749. The van der Waals surface area contributed by atoms with Crippen molar-refractivity contribution in [3.05, 3.63) is 18.2 Å². The maximum atomic E-state index is 12.5. The van der Waals surface area contributed by atoms with Crippen LogP contribution in [0.25, 0.3) is 0 Å². The minimum atomic E-state index is -0.943. The van der Waals surface area contributed by atoms with E-state index in [0.29, 0.717) is 11.4 Å². The van der Waals surface area contributed by atoms with Gasteiger partial charge in [0.1, 0.15) is 11.7 Å². The molecule has 2 unspecified atom stereocenters. The number of aliphatic carboxylic acids is 1. The molecule has 1 amide bonds. The number of rotatable bonds is 4. The first-order valence-corrected chi connectivity index (χ1v) is 7.24. The molecule has 1 aliphatic heterocycles. The van der Waals surface area contributed by atoms with Crippen molar-refractivity contribution in [1.82, 2.24) is 14.5 Å². The Morgan fingerprint density at radius 1 is 1.58 bits per heavy atom. The average molecular weight is 283 g/mol. The molecule has 1 saturated heterocycles. The summed E-state index contributed by atoms with van der Waals surface area (Å²) in [4.78, 5) is 29.2. The molecule has 1 fully saturated rings. The van der Waals surface area contributed by atoms with Crippen LogP contribution in [0.3, 0.4) is 0 Å². The molecule has 2 heterocycles. The molecule has 0 radical (unpaired) electrons. The molecule has 1 aromatic heterocycles. The largest absolute Gasteiger partial charge is 0.480 e. The van der Waals surface area contributed by atoms with E-state index in [9.17, 15) is 14.7 Å². The van der Waals surface area contributed by atoms with Crippen molar-refractivity contribution in [1.29, 1.82) is 0 Å². The summed E-state index contributed by atoms with van der Waals surface area (Å²) in [6, 6.07) is -0.746. The number of thioether (sulfide) groups is 1. The molecular formula is C12H17N3O3S. The lowest BCUT2D eigenvalue weighted by Crippen LogP contribution is -2.46. The number of carbonyl (C=O) groups excluding carboxylic acids is 1. The van der Waals surface area contributed by atoms with Crippen molar-refractivity contribution in [2.45, 2.75) is 31.2 Å². The molecule has 0 bridgehead atoms. The average Bonchev–Trinajstić information content (AvgIpc) is 2.95. The van der Waals surface area contributed by atoms with Crippen LogP contribution >= 0.6 is 11.8 Å². The second-order valence-corrected chi connectivity index (χ2v) is 5.74. The first-order valence-electron chi connectivity index (χ1n) is 6.19. The Morgan fingerprint density at radius 2 is 2.32 bits per heavy atom. The Labute approximate surface area is 115 Å². The Morgan fingerprint density at radius 3 is 2.84 bits per heavy atom. The van der Waals surface area contributed by atoms with E-state index in [1.165, 1.54) is 22.9 Å². The van der Waals surface area contributed by atoms with E-state index >= 15 is 0 Å². The third-order valence-electron chi connectivity index (χ3n) is 3.18. The Hall–Kier alpha value is -1.50. The van der Waals surface area contributed by atoms with Gasteiger partial charge in [-0.05, 0) is 6.42 Å². The van der Waals surface area contributed by atoms with Gasteiger partial charge in [-0.2, -0.15) is 0 Å². The zero-order valence-corrected chi connectivity index (χ0v) is 11.8. The molecule has 0 saturated carbocycles. The summed E-state index contributed by atoms with van der Waals surface area (Å²) < 4.78 is 1.62. The fourth-order valence-electron chi connectivity index (χ4n) is 2.19. The van der Waals surface area contributed by atoms with Gasteiger partial charge in [0.05, 0.1) is 17.9 Å². The van der Waals surface area contributed by atoms with Crippen molar-refractivity contribution in [3.8, 4) is 0 Å². The number of nitrogens with zero attached hydrogens (tertiary/aromatic N) is 3. The maximum Gasteiger partial charge on any atom is 0.327 e. The van der Waals surface area contributed by atoms with Gasteiger partial charge >= 0.3 is 5.97 Å². The lowest BCUT2D eigenvalue weighted by atomic mass is 10.2. The smallest absolute Gasteiger partial charge is 0.327 e. The molecule has 1 aromatic rings. The quantitative estimate of drug-likeness (QED) is 0.898. The molecular weight excluding hydrogens is 266 g/mol. The topological polar surface area (TPSA) is 75.4 Å². The molecule has 1 aliphatic rings. The van der Waals surface area contributed by atoms with Crippen molar-refractivity contribution in [2.24, 2.45) is 7.05 Å². The van der Waals surface area contributed by atoms with Crippen LogP contribution in [0.4, 0.5) is 0 Å². The minimum absolute atomic E-state index is 0.0616. The van der Waals surface area contributed by atoms with E-state index in [4.69, 9.17) is 0 Å². The maximum absolute atomic E-state index is 12.5. The second kappa shape index (κ2) is 5.64. The fourth-order valence-corrected chi connectivity index (χ4v) is 3.70. The van der Waals surface area contributed by atoms with Crippen LogP contribution in [0.15, 0.2) is 12.5 Å². The number of hydrogen-bond acceptors (Lipinski definition) is 4.